The van der Waals surface area contributed by atoms with Crippen LogP contribution in [0.2, 0.25) is 0 Å². The van der Waals surface area contributed by atoms with Crippen LogP contribution in [-0.2, 0) is 15.6 Å². The third-order valence-corrected chi connectivity index (χ3v) is 6.49. The summed E-state index contributed by atoms with van der Waals surface area (Å²) in [5.74, 6) is 0.893. The van der Waals surface area contributed by atoms with Crippen molar-refractivity contribution in [3.05, 3.63) is 71.8 Å². The predicted molar refractivity (Wildman–Crippen MR) is 115 cm³/mol. The molecule has 2 aromatic carbocycles. The SMILES string of the molecule is CN=C(NCC1(c2ccccc2)CCOCC1)NCC1(c2ccccc2)CC1. The fourth-order valence-electron chi connectivity index (χ4n) is 4.36. The molecule has 148 valence electrons. The van der Waals surface area contributed by atoms with Gasteiger partial charge in [-0.05, 0) is 36.8 Å². The maximum atomic E-state index is 5.66. The van der Waals surface area contributed by atoms with E-state index in [4.69, 9.17) is 4.74 Å². The van der Waals surface area contributed by atoms with Gasteiger partial charge in [0.1, 0.15) is 0 Å². The highest BCUT2D eigenvalue weighted by Crippen LogP contribution is 2.47. The molecule has 4 rings (SSSR count). The minimum absolute atomic E-state index is 0.105. The summed E-state index contributed by atoms with van der Waals surface area (Å²) in [6.45, 7) is 3.44. The first kappa shape index (κ1) is 19.0. The molecule has 0 radical (unpaired) electrons. The second-order valence-electron chi connectivity index (χ2n) is 8.18. The molecular formula is C24H31N3O. The molecule has 4 heteroatoms. The van der Waals surface area contributed by atoms with Gasteiger partial charge in [0.15, 0.2) is 5.96 Å². The number of nitrogens with zero attached hydrogens (tertiary/aromatic N) is 1. The van der Waals surface area contributed by atoms with Crippen LogP contribution < -0.4 is 10.6 Å². The Labute approximate surface area is 168 Å². The minimum atomic E-state index is 0.105. The van der Waals surface area contributed by atoms with E-state index in [1.54, 1.807) is 0 Å². The Morgan fingerprint density at radius 2 is 1.25 bits per heavy atom. The molecule has 0 aromatic heterocycles. The molecule has 2 N–H and O–H groups in total. The fourth-order valence-corrected chi connectivity index (χ4v) is 4.36. The fraction of sp³-hybridized carbons (Fsp3) is 0.458. The first-order chi connectivity index (χ1) is 13.8. The summed E-state index contributed by atoms with van der Waals surface area (Å²) < 4.78 is 5.66. The molecule has 0 spiro atoms. The lowest BCUT2D eigenvalue weighted by Gasteiger charge is -2.38. The number of benzene rings is 2. The van der Waals surface area contributed by atoms with Gasteiger partial charge in [-0.15, -0.1) is 0 Å². The van der Waals surface area contributed by atoms with Crippen LogP contribution in [0.4, 0.5) is 0 Å². The van der Waals surface area contributed by atoms with Crippen LogP contribution in [0.25, 0.3) is 0 Å². The molecule has 1 aliphatic carbocycles. The number of guanidine groups is 1. The van der Waals surface area contributed by atoms with Crippen LogP contribution in [0.5, 0.6) is 0 Å². The van der Waals surface area contributed by atoms with Crippen LogP contribution in [0.15, 0.2) is 65.7 Å². The van der Waals surface area contributed by atoms with Gasteiger partial charge in [-0.3, -0.25) is 4.99 Å². The highest BCUT2D eigenvalue weighted by Gasteiger charge is 2.44. The quantitative estimate of drug-likeness (QED) is 0.597. The first-order valence-electron chi connectivity index (χ1n) is 10.4. The third kappa shape index (κ3) is 4.07. The average Bonchev–Trinajstić information content (AvgIpc) is 3.57. The Hall–Kier alpha value is -2.33. The second kappa shape index (κ2) is 8.36. The largest absolute Gasteiger partial charge is 0.381 e. The zero-order chi connectivity index (χ0) is 19.3. The minimum Gasteiger partial charge on any atom is -0.381 e. The molecular weight excluding hydrogens is 346 g/mol. The smallest absolute Gasteiger partial charge is 0.191 e. The lowest BCUT2D eigenvalue weighted by atomic mass is 9.74. The van der Waals surface area contributed by atoms with Gasteiger partial charge in [0.2, 0.25) is 0 Å². The summed E-state index contributed by atoms with van der Waals surface area (Å²) in [6, 6.07) is 21.7. The van der Waals surface area contributed by atoms with Crippen molar-refractivity contribution in [2.75, 3.05) is 33.4 Å². The van der Waals surface area contributed by atoms with E-state index in [-0.39, 0.29) is 10.8 Å². The summed E-state index contributed by atoms with van der Waals surface area (Å²) in [4.78, 5) is 4.48. The highest BCUT2D eigenvalue weighted by atomic mass is 16.5. The van der Waals surface area contributed by atoms with Gasteiger partial charge >= 0.3 is 0 Å². The molecule has 0 unspecified atom stereocenters. The van der Waals surface area contributed by atoms with Gasteiger partial charge in [0.05, 0.1) is 0 Å². The lowest BCUT2D eigenvalue weighted by Crippen LogP contribution is -2.49. The number of ether oxygens (including phenoxy) is 1. The van der Waals surface area contributed by atoms with E-state index in [9.17, 15) is 0 Å². The van der Waals surface area contributed by atoms with Gasteiger partial charge in [-0.2, -0.15) is 0 Å². The van der Waals surface area contributed by atoms with Gasteiger partial charge in [-0.25, -0.2) is 0 Å². The molecule has 2 fully saturated rings. The molecule has 2 aliphatic rings. The molecule has 1 heterocycles. The molecule has 1 aliphatic heterocycles. The molecule has 28 heavy (non-hydrogen) atoms. The third-order valence-electron chi connectivity index (χ3n) is 6.49. The molecule has 1 saturated heterocycles. The first-order valence-corrected chi connectivity index (χ1v) is 10.4. The van der Waals surface area contributed by atoms with Crippen LogP contribution in [-0.4, -0.2) is 39.3 Å². The Kier molecular flexibility index (Phi) is 5.67. The van der Waals surface area contributed by atoms with Crippen molar-refractivity contribution in [1.29, 1.82) is 0 Å². The van der Waals surface area contributed by atoms with Gasteiger partial charge in [0, 0.05) is 44.2 Å². The summed E-state index contributed by atoms with van der Waals surface area (Å²) in [5, 5.41) is 7.20. The molecule has 1 saturated carbocycles. The number of hydrogen-bond acceptors (Lipinski definition) is 2. The molecule has 2 aromatic rings. The summed E-state index contributed by atoms with van der Waals surface area (Å²) >= 11 is 0. The molecule has 0 atom stereocenters. The van der Waals surface area contributed by atoms with Crippen molar-refractivity contribution in [3.8, 4) is 0 Å². The van der Waals surface area contributed by atoms with Gasteiger partial charge in [0.25, 0.3) is 0 Å². The van der Waals surface area contributed by atoms with Crippen LogP contribution >= 0.6 is 0 Å². The Balaban J connectivity index is 1.39. The summed E-state index contributed by atoms with van der Waals surface area (Å²) in [6.07, 6.45) is 4.56. The number of aliphatic imine (C=N–C) groups is 1. The zero-order valence-corrected chi connectivity index (χ0v) is 16.8. The number of rotatable bonds is 6. The van der Waals surface area contributed by atoms with Crippen LogP contribution in [0, 0.1) is 0 Å². The van der Waals surface area contributed by atoms with Crippen molar-refractivity contribution in [2.24, 2.45) is 4.99 Å². The van der Waals surface area contributed by atoms with Crippen LogP contribution in [0.3, 0.4) is 0 Å². The molecule has 0 amide bonds. The zero-order valence-electron chi connectivity index (χ0n) is 16.8. The normalized spacial score (nSPS) is 20.4. The average molecular weight is 378 g/mol. The van der Waals surface area contributed by atoms with Gasteiger partial charge in [-0.1, -0.05) is 60.7 Å². The van der Waals surface area contributed by atoms with Gasteiger partial charge < -0.3 is 15.4 Å². The Bertz CT molecular complexity index is 778. The van der Waals surface area contributed by atoms with E-state index in [1.807, 2.05) is 7.05 Å². The molecule has 0 bridgehead atoms. The second-order valence-corrected chi connectivity index (χ2v) is 8.18. The van der Waals surface area contributed by atoms with E-state index >= 15 is 0 Å². The van der Waals surface area contributed by atoms with Crippen molar-refractivity contribution in [2.45, 2.75) is 36.5 Å². The Morgan fingerprint density at radius 3 is 1.68 bits per heavy atom. The van der Waals surface area contributed by atoms with E-state index in [0.29, 0.717) is 0 Å². The summed E-state index contributed by atoms with van der Waals surface area (Å²) in [5.41, 5.74) is 3.20. The number of hydrogen-bond donors (Lipinski definition) is 2. The lowest BCUT2D eigenvalue weighted by molar-refractivity contribution is 0.0514. The maximum Gasteiger partial charge on any atom is 0.191 e. The van der Waals surface area contributed by atoms with E-state index in [0.717, 1.165) is 45.1 Å². The van der Waals surface area contributed by atoms with E-state index in [2.05, 4.69) is 76.3 Å². The van der Waals surface area contributed by atoms with Crippen molar-refractivity contribution >= 4 is 5.96 Å². The number of nitrogens with one attached hydrogen (secondary N) is 2. The highest BCUT2D eigenvalue weighted by molar-refractivity contribution is 5.80. The summed E-state index contributed by atoms with van der Waals surface area (Å²) in [7, 11) is 1.86. The van der Waals surface area contributed by atoms with Crippen molar-refractivity contribution in [3.63, 3.8) is 0 Å². The Morgan fingerprint density at radius 1 is 0.786 bits per heavy atom. The predicted octanol–water partition coefficient (Wildman–Crippen LogP) is 3.63. The topological polar surface area (TPSA) is 45.7 Å². The van der Waals surface area contributed by atoms with Crippen LogP contribution in [0.1, 0.15) is 36.8 Å². The van der Waals surface area contributed by atoms with E-state index in [1.165, 1.54) is 24.0 Å². The van der Waals surface area contributed by atoms with Crippen molar-refractivity contribution < 1.29 is 4.74 Å². The molecule has 4 nitrogen and oxygen atoms in total. The van der Waals surface area contributed by atoms with Crippen molar-refractivity contribution in [1.82, 2.24) is 10.6 Å². The monoisotopic (exact) mass is 377 g/mol. The maximum absolute atomic E-state index is 5.66. The van der Waals surface area contributed by atoms with E-state index < -0.39 is 0 Å². The standard InChI is InChI=1S/C24H31N3O/c1-25-22(26-18-23(12-13-23)20-8-4-2-5-9-20)27-19-24(14-16-28-17-15-24)21-10-6-3-7-11-21/h2-11H,12-19H2,1H3,(H2,25,26,27).